The van der Waals surface area contributed by atoms with Gasteiger partial charge >= 0.3 is 0 Å². The standard InChI is InChI=1S/C26H28N4O3/c1-31-22-11-7-4-8-19(22)17-28-25-20-9-5-6-10-21(20)29-26(30-25)27-15-14-18-12-13-23(32-2)24(16-18)33-3/h4-13,16H,14-15,17H2,1-3H3,(H2,27,28,29,30). The van der Waals surface area contributed by atoms with Crippen LogP contribution in [-0.2, 0) is 13.0 Å². The van der Waals surface area contributed by atoms with Gasteiger partial charge in [0.05, 0.1) is 26.8 Å². The lowest BCUT2D eigenvalue weighted by Crippen LogP contribution is -2.11. The molecule has 170 valence electrons. The highest BCUT2D eigenvalue weighted by atomic mass is 16.5. The van der Waals surface area contributed by atoms with E-state index in [-0.39, 0.29) is 0 Å². The maximum atomic E-state index is 5.47. The largest absolute Gasteiger partial charge is 0.496 e. The first kappa shape index (κ1) is 22.2. The number of nitrogens with one attached hydrogen (secondary N) is 2. The lowest BCUT2D eigenvalue weighted by Gasteiger charge is -2.14. The van der Waals surface area contributed by atoms with E-state index in [1.165, 1.54) is 0 Å². The fourth-order valence-corrected chi connectivity index (χ4v) is 3.67. The molecule has 33 heavy (non-hydrogen) atoms. The lowest BCUT2D eigenvalue weighted by atomic mass is 10.1. The summed E-state index contributed by atoms with van der Waals surface area (Å²) >= 11 is 0. The number of hydrogen-bond acceptors (Lipinski definition) is 7. The average molecular weight is 445 g/mol. The van der Waals surface area contributed by atoms with Crippen molar-refractivity contribution in [3.63, 3.8) is 0 Å². The Morgan fingerprint density at radius 1 is 0.727 bits per heavy atom. The Hall–Kier alpha value is -4.00. The van der Waals surface area contributed by atoms with E-state index in [1.54, 1.807) is 21.3 Å². The molecule has 1 heterocycles. The van der Waals surface area contributed by atoms with Gasteiger partial charge in [0.25, 0.3) is 0 Å². The molecule has 4 rings (SSSR count). The van der Waals surface area contributed by atoms with Gasteiger partial charge in [0.2, 0.25) is 5.95 Å². The zero-order chi connectivity index (χ0) is 23.0. The van der Waals surface area contributed by atoms with Crippen LogP contribution in [0.25, 0.3) is 10.9 Å². The molecule has 0 amide bonds. The second kappa shape index (κ2) is 10.5. The highest BCUT2D eigenvalue weighted by molar-refractivity contribution is 5.90. The van der Waals surface area contributed by atoms with Gasteiger partial charge in [0.15, 0.2) is 11.5 Å². The van der Waals surface area contributed by atoms with Gasteiger partial charge in [-0.15, -0.1) is 0 Å². The molecule has 3 aromatic carbocycles. The maximum absolute atomic E-state index is 5.47. The van der Waals surface area contributed by atoms with Gasteiger partial charge in [-0.3, -0.25) is 0 Å². The van der Waals surface area contributed by atoms with Gasteiger partial charge < -0.3 is 24.8 Å². The van der Waals surface area contributed by atoms with Gasteiger partial charge in [0, 0.05) is 24.0 Å². The Morgan fingerprint density at radius 3 is 2.30 bits per heavy atom. The summed E-state index contributed by atoms with van der Waals surface area (Å²) in [6.45, 7) is 1.27. The van der Waals surface area contributed by atoms with Gasteiger partial charge in [-0.25, -0.2) is 4.98 Å². The summed E-state index contributed by atoms with van der Waals surface area (Å²) in [5.74, 6) is 3.64. The quantitative estimate of drug-likeness (QED) is 0.359. The van der Waals surface area contributed by atoms with Crippen LogP contribution in [-0.4, -0.2) is 37.8 Å². The van der Waals surface area contributed by atoms with E-state index in [9.17, 15) is 0 Å². The van der Waals surface area contributed by atoms with Crippen LogP contribution >= 0.6 is 0 Å². The fraction of sp³-hybridized carbons (Fsp3) is 0.231. The van der Waals surface area contributed by atoms with Crippen LogP contribution in [0.2, 0.25) is 0 Å². The minimum Gasteiger partial charge on any atom is -0.496 e. The molecule has 0 spiro atoms. The Balaban J connectivity index is 1.49. The highest BCUT2D eigenvalue weighted by Crippen LogP contribution is 2.28. The number of hydrogen-bond donors (Lipinski definition) is 2. The summed E-state index contributed by atoms with van der Waals surface area (Å²) in [7, 11) is 4.96. The molecule has 0 atom stereocenters. The van der Waals surface area contributed by atoms with Crippen molar-refractivity contribution in [2.24, 2.45) is 0 Å². The zero-order valence-corrected chi connectivity index (χ0v) is 19.1. The third kappa shape index (κ3) is 5.26. The fourth-order valence-electron chi connectivity index (χ4n) is 3.67. The van der Waals surface area contributed by atoms with E-state index in [0.29, 0.717) is 19.0 Å². The molecule has 4 aromatic rings. The molecule has 0 aliphatic heterocycles. The van der Waals surface area contributed by atoms with E-state index >= 15 is 0 Å². The molecule has 7 nitrogen and oxygen atoms in total. The van der Waals surface area contributed by atoms with Crippen LogP contribution < -0.4 is 24.8 Å². The van der Waals surface area contributed by atoms with Gasteiger partial charge in [-0.05, 0) is 42.3 Å². The lowest BCUT2D eigenvalue weighted by molar-refractivity contribution is 0.354. The predicted molar refractivity (Wildman–Crippen MR) is 132 cm³/mol. The number of para-hydroxylation sites is 2. The highest BCUT2D eigenvalue weighted by Gasteiger charge is 2.10. The van der Waals surface area contributed by atoms with Crippen LogP contribution in [0.3, 0.4) is 0 Å². The van der Waals surface area contributed by atoms with Crippen molar-refractivity contribution in [3.8, 4) is 17.2 Å². The second-order valence-electron chi connectivity index (χ2n) is 7.44. The first-order valence-corrected chi connectivity index (χ1v) is 10.8. The molecule has 1 aromatic heterocycles. The Kier molecular flexibility index (Phi) is 7.09. The van der Waals surface area contributed by atoms with Crippen LogP contribution in [0.1, 0.15) is 11.1 Å². The Morgan fingerprint density at radius 2 is 1.48 bits per heavy atom. The zero-order valence-electron chi connectivity index (χ0n) is 19.1. The smallest absolute Gasteiger partial charge is 0.225 e. The first-order valence-electron chi connectivity index (χ1n) is 10.8. The van der Waals surface area contributed by atoms with Crippen molar-refractivity contribution in [1.29, 1.82) is 0 Å². The van der Waals surface area contributed by atoms with Crippen LogP contribution in [0.4, 0.5) is 11.8 Å². The van der Waals surface area contributed by atoms with Gasteiger partial charge in [-0.1, -0.05) is 36.4 Å². The molecule has 7 heteroatoms. The van der Waals surface area contributed by atoms with E-state index in [2.05, 4.69) is 15.6 Å². The molecule has 0 bridgehead atoms. The molecular formula is C26H28N4O3. The number of anilines is 2. The topological polar surface area (TPSA) is 77.5 Å². The maximum Gasteiger partial charge on any atom is 0.225 e. The molecule has 0 aliphatic carbocycles. The van der Waals surface area contributed by atoms with Crippen molar-refractivity contribution in [1.82, 2.24) is 9.97 Å². The van der Waals surface area contributed by atoms with Gasteiger partial charge in [0.1, 0.15) is 11.6 Å². The summed E-state index contributed by atoms with van der Waals surface area (Å²) in [5.41, 5.74) is 3.07. The molecular weight excluding hydrogens is 416 g/mol. The number of fused-ring (bicyclic) bond motifs is 1. The molecule has 0 radical (unpaired) electrons. The number of aromatic nitrogens is 2. The first-order chi connectivity index (χ1) is 16.2. The van der Waals surface area contributed by atoms with E-state index in [0.717, 1.165) is 51.5 Å². The number of rotatable bonds is 10. The minimum absolute atomic E-state index is 0.580. The molecule has 0 fully saturated rings. The van der Waals surface area contributed by atoms with Crippen molar-refractivity contribution < 1.29 is 14.2 Å². The molecule has 0 aliphatic rings. The molecule has 0 unspecified atom stereocenters. The summed E-state index contributed by atoms with van der Waals surface area (Å²) in [5, 5.41) is 7.78. The predicted octanol–water partition coefficient (Wildman–Crippen LogP) is 4.92. The number of nitrogens with zero attached hydrogens (tertiary/aromatic N) is 2. The number of methoxy groups -OCH3 is 3. The molecule has 0 saturated carbocycles. The summed E-state index contributed by atoms with van der Waals surface area (Å²) < 4.78 is 16.2. The van der Waals surface area contributed by atoms with Crippen LogP contribution in [0.5, 0.6) is 17.2 Å². The third-order valence-electron chi connectivity index (χ3n) is 5.39. The van der Waals surface area contributed by atoms with Crippen LogP contribution in [0, 0.1) is 0 Å². The van der Waals surface area contributed by atoms with Crippen molar-refractivity contribution in [2.75, 3.05) is 38.5 Å². The summed E-state index contributed by atoms with van der Waals surface area (Å²) in [6.07, 6.45) is 0.792. The summed E-state index contributed by atoms with van der Waals surface area (Å²) in [4.78, 5) is 9.43. The Labute approximate surface area is 193 Å². The number of benzene rings is 3. The van der Waals surface area contributed by atoms with Crippen molar-refractivity contribution in [2.45, 2.75) is 13.0 Å². The average Bonchev–Trinajstić information content (AvgIpc) is 2.87. The van der Waals surface area contributed by atoms with E-state index in [4.69, 9.17) is 19.2 Å². The second-order valence-corrected chi connectivity index (χ2v) is 7.44. The minimum atomic E-state index is 0.580. The normalized spacial score (nSPS) is 10.6. The SMILES string of the molecule is COc1ccccc1CNc1nc(NCCc2ccc(OC)c(OC)c2)nc2ccccc12. The summed E-state index contributed by atoms with van der Waals surface area (Å²) in [6, 6.07) is 21.9. The monoisotopic (exact) mass is 444 g/mol. The van der Waals surface area contributed by atoms with Crippen molar-refractivity contribution >= 4 is 22.7 Å². The van der Waals surface area contributed by atoms with Gasteiger partial charge in [-0.2, -0.15) is 4.98 Å². The van der Waals surface area contributed by atoms with E-state index in [1.807, 2.05) is 66.7 Å². The van der Waals surface area contributed by atoms with E-state index < -0.39 is 0 Å². The third-order valence-corrected chi connectivity index (χ3v) is 5.39. The molecule has 2 N–H and O–H groups in total. The van der Waals surface area contributed by atoms with Crippen LogP contribution in [0.15, 0.2) is 66.7 Å². The Bertz CT molecular complexity index is 1230. The number of ether oxygens (including phenoxy) is 3. The van der Waals surface area contributed by atoms with Crippen molar-refractivity contribution in [3.05, 3.63) is 77.9 Å². The molecule has 0 saturated heterocycles.